The van der Waals surface area contributed by atoms with Gasteiger partial charge in [0, 0.05) is 52.6 Å². The summed E-state index contributed by atoms with van der Waals surface area (Å²) < 4.78 is 29.5. The Bertz CT molecular complexity index is 2110. The van der Waals surface area contributed by atoms with Crippen LogP contribution in [0.1, 0.15) is 78.2 Å². The lowest BCUT2D eigenvalue weighted by atomic mass is 9.83. The molecule has 0 spiro atoms. The van der Waals surface area contributed by atoms with Gasteiger partial charge < -0.3 is 53.9 Å². The first kappa shape index (κ1) is 53.3. The number of amides is 5. The first-order valence-electron chi connectivity index (χ1n) is 22.5. The van der Waals surface area contributed by atoms with Gasteiger partial charge in [0.05, 0.1) is 25.3 Å². The third-order valence-electron chi connectivity index (χ3n) is 13.0. The number of alkyl carbamates (subject to hydrolysis) is 1. The highest BCUT2D eigenvalue weighted by Crippen LogP contribution is 2.49. The number of anilines is 1. The zero-order chi connectivity index (χ0) is 49.4. The Balaban J connectivity index is 1.37. The topological polar surface area (TPSA) is 226 Å². The Morgan fingerprint density at radius 2 is 1.88 bits per heavy atom. The number of unbranched alkanes of at least 4 members (excludes halogenated alkanes) is 2. The van der Waals surface area contributed by atoms with Crippen molar-refractivity contribution in [2.45, 2.75) is 133 Å². The molecule has 4 aliphatic heterocycles. The highest BCUT2D eigenvalue weighted by Gasteiger charge is 2.64. The number of likely N-dealkylation sites (N-methyl/N-ethyl adjacent to an activating group) is 1. The van der Waals surface area contributed by atoms with Gasteiger partial charge in [0.1, 0.15) is 53.0 Å². The van der Waals surface area contributed by atoms with Crippen LogP contribution < -0.4 is 20.3 Å². The molecule has 18 nitrogen and oxygen atoms in total. The number of carbonyl (C=O) groups is 6. The molecule has 4 bridgehead atoms. The van der Waals surface area contributed by atoms with E-state index in [1.807, 2.05) is 19.3 Å². The van der Waals surface area contributed by atoms with Crippen LogP contribution in [0.15, 0.2) is 48.1 Å². The van der Waals surface area contributed by atoms with E-state index in [0.29, 0.717) is 49.4 Å². The van der Waals surface area contributed by atoms with Crippen LogP contribution in [-0.2, 0) is 49.3 Å². The van der Waals surface area contributed by atoms with Crippen molar-refractivity contribution in [2.24, 2.45) is 5.92 Å². The molecular weight excluding hydrogens is 910 g/mol. The number of ether oxygens (including phenoxy) is 5. The molecule has 10 unspecified atom stereocenters. The van der Waals surface area contributed by atoms with Crippen molar-refractivity contribution in [1.29, 1.82) is 0 Å². The fraction of sp³-hybridized carbons (Fsp3) is 0.617. The van der Waals surface area contributed by atoms with Crippen molar-refractivity contribution < 1.29 is 62.7 Å². The molecule has 4 aliphatic rings. The van der Waals surface area contributed by atoms with Crippen LogP contribution in [0.5, 0.6) is 5.75 Å². The van der Waals surface area contributed by atoms with E-state index in [4.69, 9.17) is 35.3 Å². The number of fused-ring (bicyclic) bond motifs is 5. The summed E-state index contributed by atoms with van der Waals surface area (Å²) in [6, 6.07) is 1.40. The smallest absolute Gasteiger partial charge is 0.409 e. The Kier molecular flexibility index (Phi) is 18.4. The maximum absolute atomic E-state index is 14.4. The quantitative estimate of drug-likeness (QED) is 0.104. The Hall–Kier alpha value is -4.66. The van der Waals surface area contributed by atoms with E-state index < -0.39 is 90.3 Å². The number of aliphatic hydroxyl groups excluding tert-OH is 1. The maximum Gasteiger partial charge on any atom is 0.409 e. The summed E-state index contributed by atoms with van der Waals surface area (Å²) >= 11 is 8.31. The fourth-order valence-electron chi connectivity index (χ4n) is 8.68. The molecule has 4 heterocycles. The Labute approximate surface area is 401 Å². The minimum Gasteiger partial charge on any atom is -0.495 e. The number of thioether (sulfide) groups is 1. The average Bonchev–Trinajstić information content (AvgIpc) is 3.89. The number of methoxy groups -OCH3 is 2. The second kappa shape index (κ2) is 23.1. The Morgan fingerprint density at radius 3 is 2.54 bits per heavy atom. The van der Waals surface area contributed by atoms with E-state index in [1.54, 1.807) is 45.2 Å². The number of esters is 1. The van der Waals surface area contributed by atoms with Gasteiger partial charge in [0.15, 0.2) is 5.72 Å². The number of rotatable bonds is 16. The summed E-state index contributed by atoms with van der Waals surface area (Å²) in [5.41, 5.74) is -1.17. The number of aliphatic hydroxyl groups is 2. The maximum atomic E-state index is 14.4. The van der Waals surface area contributed by atoms with Gasteiger partial charge in [-0.2, -0.15) is 11.8 Å². The number of epoxide rings is 1. The van der Waals surface area contributed by atoms with Crippen LogP contribution >= 0.6 is 23.4 Å². The molecule has 1 aromatic carbocycles. The molecule has 20 heteroatoms. The van der Waals surface area contributed by atoms with Crippen LogP contribution in [0.4, 0.5) is 10.5 Å². The molecule has 5 amide bonds. The number of halogens is 1. The Morgan fingerprint density at radius 1 is 1.15 bits per heavy atom. The molecule has 0 saturated carbocycles. The molecule has 2 fully saturated rings. The first-order chi connectivity index (χ1) is 31.7. The van der Waals surface area contributed by atoms with Gasteiger partial charge in [0.2, 0.25) is 23.6 Å². The molecule has 0 aromatic heterocycles. The molecule has 67 heavy (non-hydrogen) atoms. The zero-order valence-corrected chi connectivity index (χ0v) is 41.3. The molecule has 0 aliphatic carbocycles. The summed E-state index contributed by atoms with van der Waals surface area (Å²) in [5.74, 6) is -2.18. The zero-order valence-electron chi connectivity index (χ0n) is 39.7. The molecule has 370 valence electrons. The number of nitrogens with zero attached hydrogens (tertiary/aromatic N) is 3. The van der Waals surface area contributed by atoms with E-state index in [1.165, 1.54) is 66.8 Å². The third kappa shape index (κ3) is 12.9. The summed E-state index contributed by atoms with van der Waals surface area (Å²) in [4.78, 5) is 84.6. The van der Waals surface area contributed by atoms with E-state index >= 15 is 0 Å². The van der Waals surface area contributed by atoms with Crippen molar-refractivity contribution in [1.82, 2.24) is 20.4 Å². The normalized spacial score (nSPS) is 28.4. The van der Waals surface area contributed by atoms with E-state index in [0.717, 1.165) is 11.1 Å². The number of hydrogen-bond donors (Lipinski definition) is 4. The minimum absolute atomic E-state index is 0.0976. The van der Waals surface area contributed by atoms with Crippen molar-refractivity contribution >= 4 is 64.7 Å². The van der Waals surface area contributed by atoms with Crippen LogP contribution in [0, 0.1) is 5.92 Å². The van der Waals surface area contributed by atoms with Crippen LogP contribution in [-0.4, -0.2) is 157 Å². The van der Waals surface area contributed by atoms with Gasteiger partial charge >= 0.3 is 12.1 Å². The molecule has 4 N–H and O–H groups in total. The second-order valence-corrected chi connectivity index (χ2v) is 19.2. The highest BCUT2D eigenvalue weighted by molar-refractivity contribution is 7.98. The van der Waals surface area contributed by atoms with E-state index in [-0.39, 0.29) is 36.1 Å². The van der Waals surface area contributed by atoms with Gasteiger partial charge in [-0.1, -0.05) is 48.7 Å². The van der Waals surface area contributed by atoms with Gasteiger partial charge in [-0.25, -0.2) is 9.59 Å². The van der Waals surface area contributed by atoms with Crippen molar-refractivity contribution in [2.75, 3.05) is 51.8 Å². The van der Waals surface area contributed by atoms with Gasteiger partial charge in [-0.05, 0) is 82.2 Å². The van der Waals surface area contributed by atoms with Crippen molar-refractivity contribution in [3.05, 3.63) is 58.7 Å². The lowest BCUT2D eigenvalue weighted by Crippen LogP contribution is -2.63. The molecule has 0 radical (unpaired) electrons. The predicted molar refractivity (Wildman–Crippen MR) is 251 cm³/mol. The first-order valence-corrected chi connectivity index (χ1v) is 24.3. The van der Waals surface area contributed by atoms with E-state index in [2.05, 4.69) is 10.6 Å². The number of benzene rings is 1. The van der Waals surface area contributed by atoms with E-state index in [9.17, 15) is 39.0 Å². The standard InChI is InChI=1S/C47H66ClN5O13S/c1-27-14-13-15-35(63-8)47(61)26-34(64-45(60)50-47)28(2)42-46(4,66-42)36(25-40(57)52(6)32-23-30(22-27)24-33(62-7)41(32)48)65-44(59)29(3)51(5)43(58)31(19-21-67-9)49-37(54)16-11-10-12-20-53-38(55)17-18-39(53)56/h13-15,17-18,23-24,28-29,31,34-36,38,42,55,61H,10-12,16,19-22,25-26H2,1-9H3,(H,49,54)(H,50,60). The monoisotopic (exact) mass is 975 g/mol. The van der Waals surface area contributed by atoms with Crippen molar-refractivity contribution in [3.63, 3.8) is 0 Å². The number of hydrogen-bond acceptors (Lipinski definition) is 14. The summed E-state index contributed by atoms with van der Waals surface area (Å²) in [5, 5.41) is 27.3. The van der Waals surface area contributed by atoms with Crippen molar-refractivity contribution in [3.8, 4) is 5.75 Å². The van der Waals surface area contributed by atoms with Gasteiger partial charge in [-0.15, -0.1) is 0 Å². The molecule has 5 rings (SSSR count). The van der Waals surface area contributed by atoms with Crippen LogP contribution in [0.25, 0.3) is 0 Å². The van der Waals surface area contributed by atoms with Gasteiger partial charge in [-0.3, -0.25) is 24.5 Å². The number of nitrogens with one attached hydrogen (secondary N) is 2. The highest BCUT2D eigenvalue weighted by atomic mass is 35.5. The predicted octanol–water partition coefficient (Wildman–Crippen LogP) is 4.03. The SMILES string of the molecule is COc1cc2cc(c1Cl)N(C)C(=O)CC(OC(=O)C(C)N(C)C(=O)C(CCSC)NC(=O)CCCCCN1C(=O)C=CC1O)C1(C)OC1C(C)C1CC(O)(NC(=O)O1)C(OC)C=CC=C(C)C2. The lowest BCUT2D eigenvalue weighted by molar-refractivity contribution is -0.162. The van der Waals surface area contributed by atoms with Crippen LogP contribution in [0.3, 0.4) is 0 Å². The largest absolute Gasteiger partial charge is 0.495 e. The number of carbonyl (C=O) groups excluding carboxylic acids is 6. The second-order valence-electron chi connectivity index (χ2n) is 17.9. The number of allylic oxidation sites excluding steroid dienone is 3. The summed E-state index contributed by atoms with van der Waals surface area (Å²) in [7, 11) is 5.87. The molecule has 1 aromatic rings. The summed E-state index contributed by atoms with van der Waals surface area (Å²) in [6.07, 6.45) is 6.16. The third-order valence-corrected chi connectivity index (χ3v) is 14.1. The molecule has 2 saturated heterocycles. The minimum atomic E-state index is -1.88. The fourth-order valence-corrected chi connectivity index (χ4v) is 9.47. The molecular formula is C47H66ClN5O13S. The average molecular weight is 977 g/mol. The van der Waals surface area contributed by atoms with Crippen LogP contribution in [0.2, 0.25) is 5.02 Å². The van der Waals surface area contributed by atoms with Gasteiger partial charge in [0.25, 0.3) is 0 Å². The molecule has 10 atom stereocenters. The summed E-state index contributed by atoms with van der Waals surface area (Å²) in [6.45, 7) is 7.20. The lowest BCUT2D eigenvalue weighted by Gasteiger charge is -2.42.